The van der Waals surface area contributed by atoms with Crippen LogP contribution >= 0.6 is 34.0 Å². The summed E-state index contributed by atoms with van der Waals surface area (Å²) in [5.74, 6) is 1.96. The molecule has 0 aliphatic rings. The molecule has 0 bridgehead atoms. The van der Waals surface area contributed by atoms with Gasteiger partial charge in [-0.2, -0.15) is 0 Å². The van der Waals surface area contributed by atoms with E-state index in [0.29, 0.717) is 18.3 Å². The molecule has 0 unspecified atom stereocenters. The molecule has 0 saturated heterocycles. The van der Waals surface area contributed by atoms with Gasteiger partial charge in [0, 0.05) is 24.1 Å². The van der Waals surface area contributed by atoms with Crippen LogP contribution in [0.1, 0.15) is 78.2 Å². The fourth-order valence-corrected chi connectivity index (χ4v) is 2.89. The molecule has 9 heteroatoms. The molecule has 1 aromatic carbocycles. The molecule has 0 atom stereocenters. The Morgan fingerprint density at radius 3 is 1.87 bits per heavy atom. The Morgan fingerprint density at radius 2 is 1.35 bits per heavy atom. The fraction of sp³-hybridized carbons (Fsp3) is 0.636. The molecule has 0 spiro atoms. The van der Waals surface area contributed by atoms with E-state index in [1.54, 1.807) is 0 Å². The van der Waals surface area contributed by atoms with Crippen LogP contribution < -0.4 is 15.7 Å². The number of aliphatic imine (C=N–C) groups is 2. The Labute approximate surface area is 208 Å². The summed E-state index contributed by atoms with van der Waals surface area (Å²) in [5.41, 5.74) is 5.18. The molecule has 7 nitrogen and oxygen atoms in total. The van der Waals surface area contributed by atoms with Gasteiger partial charge in [-0.3, -0.25) is 31.4 Å². The molecular weight excluding hydrogens is 528 g/mol. The number of nitrogens with zero attached hydrogens (tertiary/aromatic N) is 2. The Bertz CT molecular complexity index is 624. The monoisotopic (exact) mass is 566 g/mol. The summed E-state index contributed by atoms with van der Waals surface area (Å²) in [6.45, 7) is 8.61. The van der Waals surface area contributed by atoms with E-state index in [9.17, 15) is 5.21 Å². The van der Waals surface area contributed by atoms with Gasteiger partial charge in [0.25, 0.3) is 0 Å². The zero-order valence-corrected chi connectivity index (χ0v) is 22.6. The minimum absolute atomic E-state index is 0. The second-order valence-electron chi connectivity index (χ2n) is 7.71. The lowest BCUT2D eigenvalue weighted by atomic mass is 10.1. The largest absolute Gasteiger partial charge is 0.494 e. The lowest BCUT2D eigenvalue weighted by molar-refractivity contribution is 0.230. The van der Waals surface area contributed by atoms with Crippen molar-refractivity contribution < 1.29 is 15.2 Å². The summed E-state index contributed by atoms with van der Waals surface area (Å²) in [6, 6.07) is 7.86. The quantitative estimate of drug-likeness (QED) is 0.103. The predicted molar refractivity (Wildman–Crippen MR) is 139 cm³/mol. The Hall–Kier alpha value is -1.16. The van der Waals surface area contributed by atoms with E-state index >= 15 is 0 Å². The maximum atomic E-state index is 9.22. The van der Waals surface area contributed by atoms with Crippen LogP contribution in [0.3, 0.4) is 0 Å². The van der Waals surface area contributed by atoms with E-state index in [4.69, 9.17) is 9.94 Å². The van der Waals surface area contributed by atoms with Gasteiger partial charge < -0.3 is 4.74 Å². The van der Waals surface area contributed by atoms with Gasteiger partial charge in [0.05, 0.1) is 6.61 Å². The lowest BCUT2D eigenvalue weighted by Gasteiger charge is -2.09. The third kappa shape index (κ3) is 15.3. The predicted octanol–water partition coefficient (Wildman–Crippen LogP) is 5.87. The number of benzene rings is 1. The van der Waals surface area contributed by atoms with Crippen molar-refractivity contribution in [3.63, 3.8) is 0 Å². The van der Waals surface area contributed by atoms with E-state index in [1.165, 1.54) is 12.8 Å². The number of halogens is 2. The number of rotatable bonds is 13. The number of nitrogens with one attached hydrogen (secondary N) is 2. The number of ether oxygens (including phenoxy) is 1. The third-order valence-electron chi connectivity index (χ3n) is 4.24. The zero-order chi connectivity index (χ0) is 21.5. The molecular formula is C22H40Br2N4O3. The molecule has 0 heterocycles. The van der Waals surface area contributed by atoms with E-state index in [0.717, 1.165) is 43.4 Å². The summed E-state index contributed by atoms with van der Waals surface area (Å²) in [6.07, 6.45) is 7.50. The Kier molecular flexibility index (Phi) is 20.2. The maximum absolute atomic E-state index is 9.22. The average molecular weight is 568 g/mol. The van der Waals surface area contributed by atoms with Crippen LogP contribution in [-0.2, 0) is 0 Å². The highest BCUT2D eigenvalue weighted by Crippen LogP contribution is 2.14. The SMILES string of the molecule is Br.Br.CC(C)N=C(CCCCCCCCOc1ccc(C(=NC(C)C)NO)cc1)NO. The van der Waals surface area contributed by atoms with Crippen molar-refractivity contribution in [3.05, 3.63) is 29.8 Å². The minimum atomic E-state index is 0. The lowest BCUT2D eigenvalue weighted by Crippen LogP contribution is -2.21. The summed E-state index contributed by atoms with van der Waals surface area (Å²) < 4.78 is 5.79. The molecule has 0 aliphatic heterocycles. The number of unbranched alkanes of at least 4 members (excludes halogenated alkanes) is 5. The normalized spacial score (nSPS) is 11.7. The summed E-state index contributed by atoms with van der Waals surface area (Å²) in [5, 5.41) is 18.3. The maximum Gasteiger partial charge on any atom is 0.152 e. The summed E-state index contributed by atoms with van der Waals surface area (Å²) >= 11 is 0. The van der Waals surface area contributed by atoms with Crippen LogP contribution in [0.15, 0.2) is 34.3 Å². The highest BCUT2D eigenvalue weighted by Gasteiger charge is 2.04. The Morgan fingerprint density at radius 1 is 0.806 bits per heavy atom. The summed E-state index contributed by atoms with van der Waals surface area (Å²) in [4.78, 5) is 8.66. The standard InChI is InChI=1S/C22H38N4O3.2BrH/c1-17(2)23-21(25-27)11-9-7-5-6-8-10-16-29-20-14-12-19(13-15-20)22(26-28)24-18(3)4;;/h12-15,17-18,27-28H,5-11,16H2,1-4H3,(H,23,25)(H,24,26);2*1H. The molecule has 0 amide bonds. The molecule has 1 aromatic rings. The van der Waals surface area contributed by atoms with Gasteiger partial charge in [0.1, 0.15) is 11.6 Å². The third-order valence-corrected chi connectivity index (χ3v) is 4.24. The highest BCUT2D eigenvalue weighted by molar-refractivity contribution is 8.93. The van der Waals surface area contributed by atoms with Crippen molar-refractivity contribution in [2.24, 2.45) is 9.98 Å². The first-order valence-electron chi connectivity index (χ1n) is 10.6. The zero-order valence-electron chi connectivity index (χ0n) is 19.1. The first-order chi connectivity index (χ1) is 14.0. The molecule has 0 saturated carbocycles. The van der Waals surface area contributed by atoms with Gasteiger partial charge in [0.2, 0.25) is 0 Å². The topological polar surface area (TPSA) is 98.5 Å². The van der Waals surface area contributed by atoms with Crippen LogP contribution in [0.2, 0.25) is 0 Å². The molecule has 0 aromatic heterocycles. The first-order valence-corrected chi connectivity index (χ1v) is 10.6. The molecule has 0 fully saturated rings. The smallest absolute Gasteiger partial charge is 0.152 e. The molecule has 4 N–H and O–H groups in total. The second kappa shape index (κ2) is 19.5. The van der Waals surface area contributed by atoms with Crippen LogP contribution in [0.25, 0.3) is 0 Å². The van der Waals surface area contributed by atoms with Crippen molar-refractivity contribution in [1.29, 1.82) is 0 Å². The van der Waals surface area contributed by atoms with E-state index in [2.05, 4.69) is 20.9 Å². The van der Waals surface area contributed by atoms with Gasteiger partial charge in [-0.1, -0.05) is 25.7 Å². The van der Waals surface area contributed by atoms with Gasteiger partial charge in [-0.15, -0.1) is 34.0 Å². The van der Waals surface area contributed by atoms with Crippen LogP contribution in [0, 0.1) is 0 Å². The van der Waals surface area contributed by atoms with Gasteiger partial charge in [0.15, 0.2) is 5.84 Å². The van der Waals surface area contributed by atoms with Gasteiger partial charge in [-0.25, -0.2) is 0 Å². The van der Waals surface area contributed by atoms with Crippen LogP contribution in [-0.4, -0.2) is 40.8 Å². The molecule has 1 rings (SSSR count). The Balaban J connectivity index is 0. The average Bonchev–Trinajstić information content (AvgIpc) is 2.70. The van der Waals surface area contributed by atoms with Crippen molar-refractivity contribution >= 4 is 45.6 Å². The molecule has 180 valence electrons. The van der Waals surface area contributed by atoms with Gasteiger partial charge >= 0.3 is 0 Å². The van der Waals surface area contributed by atoms with E-state index < -0.39 is 0 Å². The highest BCUT2D eigenvalue weighted by atomic mass is 79.9. The van der Waals surface area contributed by atoms with E-state index in [1.807, 2.05) is 52.0 Å². The molecule has 0 radical (unpaired) electrons. The van der Waals surface area contributed by atoms with Crippen molar-refractivity contribution in [1.82, 2.24) is 11.0 Å². The number of hydroxylamine groups is 2. The number of hydrogen-bond acceptors (Lipinski definition) is 5. The van der Waals surface area contributed by atoms with Gasteiger partial charge in [-0.05, 0) is 64.8 Å². The molecule has 0 aliphatic carbocycles. The summed E-state index contributed by atoms with van der Waals surface area (Å²) in [7, 11) is 0. The van der Waals surface area contributed by atoms with Crippen LogP contribution in [0.4, 0.5) is 0 Å². The van der Waals surface area contributed by atoms with Crippen LogP contribution in [0.5, 0.6) is 5.75 Å². The minimum Gasteiger partial charge on any atom is -0.494 e. The number of amidine groups is 2. The van der Waals surface area contributed by atoms with Crippen molar-refractivity contribution in [2.45, 2.75) is 84.7 Å². The first kappa shape index (κ1) is 32.0. The van der Waals surface area contributed by atoms with Crippen molar-refractivity contribution in [3.8, 4) is 5.75 Å². The van der Waals surface area contributed by atoms with E-state index in [-0.39, 0.29) is 46.0 Å². The fourth-order valence-electron chi connectivity index (χ4n) is 2.89. The number of hydrogen-bond donors (Lipinski definition) is 4. The second-order valence-corrected chi connectivity index (χ2v) is 7.71. The van der Waals surface area contributed by atoms with Crippen molar-refractivity contribution in [2.75, 3.05) is 6.61 Å². The molecule has 31 heavy (non-hydrogen) atoms.